The summed E-state index contributed by atoms with van der Waals surface area (Å²) in [6, 6.07) is 29.6. The summed E-state index contributed by atoms with van der Waals surface area (Å²) in [6.45, 7) is 0.939. The minimum absolute atomic E-state index is 0.182. The molecule has 2 saturated heterocycles. The molecular weight excluding hydrogens is 410 g/mol. The Balaban J connectivity index is 1.35. The van der Waals surface area contributed by atoms with Crippen LogP contribution in [0.3, 0.4) is 0 Å². The van der Waals surface area contributed by atoms with Crippen molar-refractivity contribution >= 4 is 5.97 Å². The summed E-state index contributed by atoms with van der Waals surface area (Å²) in [5, 5.41) is 11.7. The van der Waals surface area contributed by atoms with Crippen LogP contribution in [0.25, 0.3) is 0 Å². The molecule has 2 unspecified atom stereocenters. The molecule has 2 bridgehead atoms. The van der Waals surface area contributed by atoms with Crippen molar-refractivity contribution in [2.24, 2.45) is 0 Å². The standard InChI is InChI=1S/C29H31NO3/c31-28(29(32,23-13-6-2-7-14-23)24-15-8-3-9-16-24)33-27-19-25-17-10-18-26(20-27)30(25)21-22-11-4-1-5-12-22/h1-9,11-16,25-27,32H,10,17-21H2. The average molecular weight is 442 g/mol. The zero-order valence-corrected chi connectivity index (χ0v) is 18.8. The molecule has 0 saturated carbocycles. The smallest absolute Gasteiger partial charge is 0.347 e. The van der Waals surface area contributed by atoms with E-state index in [-0.39, 0.29) is 6.10 Å². The number of hydrogen-bond acceptors (Lipinski definition) is 4. The van der Waals surface area contributed by atoms with Crippen LogP contribution >= 0.6 is 0 Å². The summed E-state index contributed by atoms with van der Waals surface area (Å²) in [4.78, 5) is 16.1. The van der Waals surface area contributed by atoms with Gasteiger partial charge in [-0.15, -0.1) is 0 Å². The van der Waals surface area contributed by atoms with Gasteiger partial charge in [-0.2, -0.15) is 0 Å². The first-order valence-electron chi connectivity index (χ1n) is 12.0. The summed E-state index contributed by atoms with van der Waals surface area (Å²) in [5.74, 6) is -0.584. The topological polar surface area (TPSA) is 49.8 Å². The first-order valence-corrected chi connectivity index (χ1v) is 12.0. The van der Waals surface area contributed by atoms with Crippen LogP contribution in [0, 0.1) is 0 Å². The van der Waals surface area contributed by atoms with Gasteiger partial charge in [0.15, 0.2) is 0 Å². The molecule has 3 aromatic carbocycles. The van der Waals surface area contributed by atoms with E-state index in [0.29, 0.717) is 23.2 Å². The van der Waals surface area contributed by atoms with Gasteiger partial charge in [-0.05, 0) is 29.5 Å². The second-order valence-electron chi connectivity index (χ2n) is 9.34. The molecule has 2 heterocycles. The number of ether oxygens (including phenoxy) is 1. The van der Waals surface area contributed by atoms with Crippen molar-refractivity contribution in [1.29, 1.82) is 0 Å². The Morgan fingerprint density at radius 3 is 1.82 bits per heavy atom. The van der Waals surface area contributed by atoms with E-state index in [2.05, 4.69) is 35.2 Å². The number of nitrogens with zero attached hydrogens (tertiary/aromatic N) is 1. The van der Waals surface area contributed by atoms with Crippen LogP contribution in [-0.4, -0.2) is 34.2 Å². The van der Waals surface area contributed by atoms with Gasteiger partial charge < -0.3 is 9.84 Å². The number of fused-ring (bicyclic) bond motifs is 2. The Labute approximate surface area is 195 Å². The van der Waals surface area contributed by atoms with Gasteiger partial charge in [0.1, 0.15) is 6.10 Å². The molecule has 2 atom stereocenters. The maximum absolute atomic E-state index is 13.5. The highest BCUT2D eigenvalue weighted by Gasteiger charge is 2.45. The molecule has 1 N–H and O–H groups in total. The predicted octanol–water partition coefficient (Wildman–Crippen LogP) is 5.05. The summed E-state index contributed by atoms with van der Waals surface area (Å²) >= 11 is 0. The first kappa shape index (κ1) is 21.9. The molecular formula is C29H31NO3. The van der Waals surface area contributed by atoms with Crippen molar-refractivity contribution in [2.75, 3.05) is 0 Å². The number of aliphatic hydroxyl groups is 1. The molecule has 4 nitrogen and oxygen atoms in total. The fourth-order valence-electron chi connectivity index (χ4n) is 5.57. The molecule has 4 heteroatoms. The number of rotatable bonds is 6. The van der Waals surface area contributed by atoms with Crippen molar-refractivity contribution in [3.8, 4) is 0 Å². The maximum atomic E-state index is 13.5. The number of piperidine rings is 2. The number of hydrogen-bond donors (Lipinski definition) is 1. The molecule has 0 aliphatic carbocycles. The lowest BCUT2D eigenvalue weighted by Gasteiger charge is -2.48. The molecule has 0 radical (unpaired) electrons. The Morgan fingerprint density at radius 1 is 0.818 bits per heavy atom. The minimum atomic E-state index is -1.82. The van der Waals surface area contributed by atoms with E-state index in [1.807, 2.05) is 36.4 Å². The van der Waals surface area contributed by atoms with Gasteiger partial charge in [-0.3, -0.25) is 4.90 Å². The van der Waals surface area contributed by atoms with Crippen molar-refractivity contribution in [1.82, 2.24) is 4.90 Å². The van der Waals surface area contributed by atoms with Crippen LogP contribution in [0.4, 0.5) is 0 Å². The Kier molecular flexibility index (Phi) is 6.30. The van der Waals surface area contributed by atoms with E-state index >= 15 is 0 Å². The SMILES string of the molecule is O=C(OC1CC2CCCC(C1)N2Cc1ccccc1)C(O)(c1ccccc1)c1ccccc1. The van der Waals surface area contributed by atoms with Gasteiger partial charge in [0.25, 0.3) is 0 Å². The van der Waals surface area contributed by atoms with Crippen molar-refractivity contribution < 1.29 is 14.6 Å². The lowest BCUT2D eigenvalue weighted by atomic mass is 9.82. The fraction of sp³-hybridized carbons (Fsp3) is 0.345. The first-order chi connectivity index (χ1) is 16.1. The normalized spacial score (nSPS) is 23.1. The van der Waals surface area contributed by atoms with Crippen LogP contribution in [-0.2, 0) is 21.7 Å². The summed E-state index contributed by atoms with van der Waals surface area (Å²) in [6.07, 6.45) is 4.92. The summed E-state index contributed by atoms with van der Waals surface area (Å²) < 4.78 is 6.08. The predicted molar refractivity (Wildman–Crippen MR) is 128 cm³/mol. The zero-order valence-electron chi connectivity index (χ0n) is 18.8. The number of carbonyl (C=O) groups excluding carboxylic acids is 1. The Bertz CT molecular complexity index is 1000. The number of benzene rings is 3. The molecule has 0 aromatic heterocycles. The van der Waals surface area contributed by atoms with Crippen molar-refractivity contribution in [3.63, 3.8) is 0 Å². The molecule has 2 fully saturated rings. The van der Waals surface area contributed by atoms with Crippen LogP contribution in [0.2, 0.25) is 0 Å². The van der Waals surface area contributed by atoms with Crippen LogP contribution < -0.4 is 0 Å². The molecule has 0 amide bonds. The Morgan fingerprint density at radius 2 is 1.30 bits per heavy atom. The van der Waals surface area contributed by atoms with E-state index in [9.17, 15) is 9.90 Å². The molecule has 170 valence electrons. The van der Waals surface area contributed by atoms with Gasteiger partial charge >= 0.3 is 5.97 Å². The van der Waals surface area contributed by atoms with E-state index in [1.165, 1.54) is 12.0 Å². The minimum Gasteiger partial charge on any atom is -0.460 e. The van der Waals surface area contributed by atoms with Crippen LogP contribution in [0.15, 0.2) is 91.0 Å². The van der Waals surface area contributed by atoms with Crippen LogP contribution in [0.5, 0.6) is 0 Å². The largest absolute Gasteiger partial charge is 0.460 e. The van der Waals surface area contributed by atoms with Gasteiger partial charge in [-0.25, -0.2) is 4.79 Å². The maximum Gasteiger partial charge on any atom is 0.347 e. The quantitative estimate of drug-likeness (QED) is 0.544. The highest BCUT2D eigenvalue weighted by Crippen LogP contribution is 2.38. The molecule has 5 rings (SSSR count). The highest BCUT2D eigenvalue weighted by molar-refractivity contribution is 5.85. The molecule has 33 heavy (non-hydrogen) atoms. The monoisotopic (exact) mass is 441 g/mol. The van der Waals surface area contributed by atoms with E-state index < -0.39 is 11.6 Å². The third kappa shape index (κ3) is 4.46. The van der Waals surface area contributed by atoms with E-state index in [0.717, 1.165) is 32.2 Å². The third-order valence-electron chi connectivity index (χ3n) is 7.24. The third-order valence-corrected chi connectivity index (χ3v) is 7.24. The summed E-state index contributed by atoms with van der Waals surface area (Å²) in [7, 11) is 0. The van der Waals surface area contributed by atoms with Crippen molar-refractivity contribution in [2.45, 2.75) is 62.4 Å². The Hall–Kier alpha value is -2.95. The van der Waals surface area contributed by atoms with Gasteiger partial charge in [0.2, 0.25) is 5.60 Å². The zero-order chi connectivity index (χ0) is 22.7. The average Bonchev–Trinajstić information content (AvgIpc) is 2.85. The number of carbonyl (C=O) groups is 1. The summed E-state index contributed by atoms with van der Waals surface area (Å²) in [5.41, 5.74) is 0.567. The van der Waals surface area contributed by atoms with Gasteiger partial charge in [0.05, 0.1) is 0 Å². The van der Waals surface area contributed by atoms with Gasteiger partial charge in [-0.1, -0.05) is 97.4 Å². The lowest BCUT2D eigenvalue weighted by Crippen LogP contribution is -2.54. The van der Waals surface area contributed by atoms with Gasteiger partial charge in [0, 0.05) is 31.5 Å². The van der Waals surface area contributed by atoms with E-state index in [1.54, 1.807) is 24.3 Å². The molecule has 2 aliphatic heterocycles. The molecule has 0 spiro atoms. The number of esters is 1. The lowest BCUT2D eigenvalue weighted by molar-refractivity contribution is -0.173. The molecule has 3 aromatic rings. The fourth-order valence-corrected chi connectivity index (χ4v) is 5.57. The second-order valence-corrected chi connectivity index (χ2v) is 9.34. The van der Waals surface area contributed by atoms with Crippen molar-refractivity contribution in [3.05, 3.63) is 108 Å². The second kappa shape index (κ2) is 9.50. The molecule has 2 aliphatic rings. The highest BCUT2D eigenvalue weighted by atomic mass is 16.6. The van der Waals surface area contributed by atoms with E-state index in [4.69, 9.17) is 4.74 Å². The van der Waals surface area contributed by atoms with Crippen LogP contribution in [0.1, 0.15) is 48.8 Å².